The van der Waals surface area contributed by atoms with Crippen LogP contribution in [0.5, 0.6) is 5.75 Å². The highest BCUT2D eigenvalue weighted by molar-refractivity contribution is 5.93. The first-order valence-electron chi connectivity index (χ1n) is 5.73. The molecule has 3 N–H and O–H groups in total. The molecule has 2 rings (SSSR count). The van der Waals surface area contributed by atoms with Crippen molar-refractivity contribution in [3.05, 3.63) is 29.5 Å². The summed E-state index contributed by atoms with van der Waals surface area (Å²) in [6.07, 6.45) is 0.809. The van der Waals surface area contributed by atoms with E-state index in [0.29, 0.717) is 11.3 Å². The SMILES string of the molecule is CCc1ccc(OC)c(-c2oc(N)nc2C(=O)O)c1. The van der Waals surface area contributed by atoms with Gasteiger partial charge in [0.25, 0.3) is 6.01 Å². The number of nitrogens with zero attached hydrogens (tertiary/aromatic N) is 1. The topological polar surface area (TPSA) is 98.6 Å². The van der Waals surface area contributed by atoms with Gasteiger partial charge in [-0.3, -0.25) is 0 Å². The number of anilines is 1. The molecular formula is C13H14N2O4. The van der Waals surface area contributed by atoms with Gasteiger partial charge in [-0.05, 0) is 24.1 Å². The highest BCUT2D eigenvalue weighted by Crippen LogP contribution is 2.34. The molecule has 1 aromatic heterocycles. The van der Waals surface area contributed by atoms with Crippen LogP contribution in [0.4, 0.5) is 6.01 Å². The Morgan fingerprint density at radius 1 is 1.53 bits per heavy atom. The molecule has 19 heavy (non-hydrogen) atoms. The van der Waals surface area contributed by atoms with Crippen molar-refractivity contribution in [3.8, 4) is 17.1 Å². The summed E-state index contributed by atoms with van der Waals surface area (Å²) in [5.41, 5.74) is 6.78. The number of hydrogen-bond acceptors (Lipinski definition) is 5. The van der Waals surface area contributed by atoms with E-state index in [0.717, 1.165) is 12.0 Å². The Balaban J connectivity index is 2.66. The molecule has 0 amide bonds. The van der Waals surface area contributed by atoms with Gasteiger partial charge < -0.3 is 20.0 Å². The molecule has 1 aromatic carbocycles. The quantitative estimate of drug-likeness (QED) is 0.876. The minimum absolute atomic E-state index is 0.108. The van der Waals surface area contributed by atoms with E-state index in [2.05, 4.69) is 4.98 Å². The van der Waals surface area contributed by atoms with Crippen LogP contribution >= 0.6 is 0 Å². The van der Waals surface area contributed by atoms with Crippen LogP contribution in [-0.2, 0) is 6.42 Å². The van der Waals surface area contributed by atoms with Crippen molar-refractivity contribution >= 4 is 12.0 Å². The van der Waals surface area contributed by atoms with Gasteiger partial charge in [0.1, 0.15) is 5.75 Å². The molecule has 0 aliphatic heterocycles. The van der Waals surface area contributed by atoms with E-state index in [4.69, 9.17) is 20.0 Å². The van der Waals surface area contributed by atoms with E-state index in [1.807, 2.05) is 19.1 Å². The summed E-state index contributed by atoms with van der Waals surface area (Å²) in [4.78, 5) is 14.8. The summed E-state index contributed by atoms with van der Waals surface area (Å²) in [7, 11) is 1.50. The second-order valence-corrected chi connectivity index (χ2v) is 3.92. The summed E-state index contributed by atoms with van der Waals surface area (Å²) in [6.45, 7) is 2.00. The van der Waals surface area contributed by atoms with Crippen molar-refractivity contribution in [2.45, 2.75) is 13.3 Å². The first-order chi connectivity index (χ1) is 9.06. The number of carbonyl (C=O) groups is 1. The zero-order valence-electron chi connectivity index (χ0n) is 10.6. The van der Waals surface area contributed by atoms with Gasteiger partial charge in [0.05, 0.1) is 12.7 Å². The fourth-order valence-corrected chi connectivity index (χ4v) is 1.82. The number of aromatic nitrogens is 1. The molecule has 0 unspecified atom stereocenters. The number of benzene rings is 1. The van der Waals surface area contributed by atoms with E-state index in [-0.39, 0.29) is 17.5 Å². The van der Waals surface area contributed by atoms with E-state index < -0.39 is 5.97 Å². The molecule has 6 nitrogen and oxygen atoms in total. The highest BCUT2D eigenvalue weighted by Gasteiger charge is 2.22. The molecule has 2 aromatic rings. The minimum Gasteiger partial charge on any atom is -0.496 e. The number of rotatable bonds is 4. The Morgan fingerprint density at radius 2 is 2.26 bits per heavy atom. The number of nitrogen functional groups attached to an aromatic ring is 1. The lowest BCUT2D eigenvalue weighted by Gasteiger charge is -2.08. The molecule has 100 valence electrons. The summed E-state index contributed by atoms with van der Waals surface area (Å²) in [6, 6.07) is 5.29. The molecule has 0 atom stereocenters. The van der Waals surface area contributed by atoms with Gasteiger partial charge in [-0.25, -0.2) is 4.79 Å². The number of methoxy groups -OCH3 is 1. The Labute approximate surface area is 109 Å². The molecule has 1 heterocycles. The number of hydrogen-bond donors (Lipinski definition) is 2. The third-order valence-corrected chi connectivity index (χ3v) is 2.76. The monoisotopic (exact) mass is 262 g/mol. The van der Waals surface area contributed by atoms with Crippen molar-refractivity contribution in [2.24, 2.45) is 0 Å². The van der Waals surface area contributed by atoms with Crippen LogP contribution in [-0.4, -0.2) is 23.2 Å². The van der Waals surface area contributed by atoms with Crippen LogP contribution in [0, 0.1) is 0 Å². The normalized spacial score (nSPS) is 10.4. The van der Waals surface area contributed by atoms with Gasteiger partial charge in [0.15, 0.2) is 11.5 Å². The van der Waals surface area contributed by atoms with Gasteiger partial charge in [-0.15, -0.1) is 0 Å². The molecule has 0 aliphatic rings. The lowest BCUT2D eigenvalue weighted by atomic mass is 10.0. The van der Waals surface area contributed by atoms with Crippen LogP contribution in [0.25, 0.3) is 11.3 Å². The molecule has 0 bridgehead atoms. The second kappa shape index (κ2) is 5.01. The number of oxazole rings is 1. The van der Waals surface area contributed by atoms with Crippen LogP contribution in [0.3, 0.4) is 0 Å². The second-order valence-electron chi connectivity index (χ2n) is 3.92. The molecule has 0 radical (unpaired) electrons. The van der Waals surface area contributed by atoms with Crippen LogP contribution in [0.15, 0.2) is 22.6 Å². The highest BCUT2D eigenvalue weighted by atomic mass is 16.5. The van der Waals surface area contributed by atoms with E-state index in [9.17, 15) is 4.79 Å². The maximum absolute atomic E-state index is 11.1. The average Bonchev–Trinajstić information content (AvgIpc) is 2.80. The van der Waals surface area contributed by atoms with E-state index in [1.54, 1.807) is 6.07 Å². The van der Waals surface area contributed by atoms with Crippen molar-refractivity contribution in [1.82, 2.24) is 4.98 Å². The first kappa shape index (κ1) is 12.9. The fourth-order valence-electron chi connectivity index (χ4n) is 1.82. The minimum atomic E-state index is -1.19. The van der Waals surface area contributed by atoms with Gasteiger partial charge in [0, 0.05) is 0 Å². The van der Waals surface area contributed by atoms with Crippen LogP contribution in [0.2, 0.25) is 0 Å². The van der Waals surface area contributed by atoms with Gasteiger partial charge in [-0.2, -0.15) is 4.98 Å². The summed E-state index contributed by atoms with van der Waals surface area (Å²) >= 11 is 0. The van der Waals surface area contributed by atoms with Crippen molar-refractivity contribution in [3.63, 3.8) is 0 Å². The lowest BCUT2D eigenvalue weighted by Crippen LogP contribution is -2.00. The Bertz CT molecular complexity index is 619. The van der Waals surface area contributed by atoms with Crippen molar-refractivity contribution in [2.75, 3.05) is 12.8 Å². The summed E-state index contributed by atoms with van der Waals surface area (Å²) in [5.74, 6) is -0.576. The number of ether oxygens (including phenoxy) is 1. The average molecular weight is 262 g/mol. The first-order valence-corrected chi connectivity index (χ1v) is 5.73. The molecule has 6 heteroatoms. The van der Waals surface area contributed by atoms with Gasteiger partial charge >= 0.3 is 5.97 Å². The maximum atomic E-state index is 11.1. The van der Waals surface area contributed by atoms with E-state index in [1.165, 1.54) is 7.11 Å². The molecule has 0 spiro atoms. The van der Waals surface area contributed by atoms with Gasteiger partial charge in [0.2, 0.25) is 0 Å². The molecule has 0 fully saturated rings. The molecule has 0 aliphatic carbocycles. The number of carboxylic acid groups (broad SMARTS) is 1. The van der Waals surface area contributed by atoms with E-state index >= 15 is 0 Å². The standard InChI is InChI=1S/C13H14N2O4/c1-3-7-4-5-9(18-2)8(6-7)11-10(12(16)17)15-13(14)19-11/h4-6H,3H2,1-2H3,(H2,14,15)(H,16,17). The summed E-state index contributed by atoms with van der Waals surface area (Å²) < 4.78 is 10.4. The van der Waals surface area contributed by atoms with Crippen molar-refractivity contribution in [1.29, 1.82) is 0 Å². The Hall–Kier alpha value is -2.50. The third-order valence-electron chi connectivity index (χ3n) is 2.76. The Morgan fingerprint density at radius 3 is 2.84 bits per heavy atom. The van der Waals surface area contributed by atoms with Crippen molar-refractivity contribution < 1.29 is 19.1 Å². The zero-order chi connectivity index (χ0) is 14.0. The molecule has 0 saturated heterocycles. The smallest absolute Gasteiger partial charge is 0.358 e. The Kier molecular flexibility index (Phi) is 3.41. The third kappa shape index (κ3) is 2.37. The molecule has 0 saturated carbocycles. The van der Waals surface area contributed by atoms with Crippen LogP contribution in [0.1, 0.15) is 23.0 Å². The lowest BCUT2D eigenvalue weighted by molar-refractivity contribution is 0.0691. The zero-order valence-corrected chi connectivity index (χ0v) is 10.6. The number of aryl methyl sites for hydroxylation is 1. The number of nitrogens with two attached hydrogens (primary N) is 1. The number of carboxylic acids is 1. The molecular weight excluding hydrogens is 248 g/mol. The predicted octanol–water partition coefficient (Wildman–Crippen LogP) is 2.19. The largest absolute Gasteiger partial charge is 0.496 e. The number of aromatic carboxylic acids is 1. The van der Waals surface area contributed by atoms with Crippen LogP contribution < -0.4 is 10.5 Å². The maximum Gasteiger partial charge on any atom is 0.358 e. The predicted molar refractivity (Wildman–Crippen MR) is 69.2 cm³/mol. The van der Waals surface area contributed by atoms with Gasteiger partial charge in [-0.1, -0.05) is 13.0 Å². The summed E-state index contributed by atoms with van der Waals surface area (Å²) in [5, 5.41) is 9.11. The fraction of sp³-hybridized carbons (Fsp3) is 0.231.